The fraction of sp³-hybridized carbons (Fsp3) is 1.00. The summed E-state index contributed by atoms with van der Waals surface area (Å²) in [5.41, 5.74) is 0. The third-order valence-electron chi connectivity index (χ3n) is 2.18. The number of hydrogen-bond donors (Lipinski definition) is 1. The highest BCUT2D eigenvalue weighted by Crippen LogP contribution is 2.29. The number of halogens is 6. The van der Waals surface area contributed by atoms with Crippen molar-refractivity contribution in [3.63, 3.8) is 0 Å². The molecule has 10 heteroatoms. The predicted octanol–water partition coefficient (Wildman–Crippen LogP) is 3.19. The van der Waals surface area contributed by atoms with Crippen LogP contribution in [0.3, 0.4) is 0 Å². The van der Waals surface area contributed by atoms with Crippen molar-refractivity contribution < 1.29 is 40.6 Å². The molecular weight excluding hydrogens is 314 g/mol. The minimum Gasteiger partial charge on any atom is -0.345 e. The van der Waals surface area contributed by atoms with Crippen LogP contribution in [0.2, 0.25) is 0 Å². The Bertz CT molecular complexity index is 282. The molecule has 0 aromatic carbocycles. The molecule has 0 spiro atoms. The van der Waals surface area contributed by atoms with Crippen LogP contribution in [-0.4, -0.2) is 50.3 Å². The first kappa shape index (κ1) is 19.8. The van der Waals surface area contributed by atoms with Gasteiger partial charge < -0.3 is 14.2 Å². The number of hydrogen-bond acceptors (Lipinski definition) is 4. The first-order valence-electron chi connectivity index (χ1n) is 5.59. The van der Waals surface area contributed by atoms with Crippen molar-refractivity contribution in [1.82, 2.24) is 0 Å². The largest absolute Gasteiger partial charge is 0.411 e. The zero-order valence-corrected chi connectivity index (χ0v) is 11.7. The lowest BCUT2D eigenvalue weighted by Gasteiger charge is -2.27. The second-order valence-electron chi connectivity index (χ2n) is 3.78. The van der Waals surface area contributed by atoms with Crippen LogP contribution in [0, 0.1) is 0 Å². The summed E-state index contributed by atoms with van der Waals surface area (Å²) in [5.74, 6) is -0.452. The summed E-state index contributed by atoms with van der Waals surface area (Å²) in [5, 5.41) is 0. The fourth-order valence-electron chi connectivity index (χ4n) is 1.06. The number of ether oxygens (including phenoxy) is 3. The maximum Gasteiger partial charge on any atom is 0.411 e. The van der Waals surface area contributed by atoms with Crippen LogP contribution >= 0.6 is 12.6 Å². The lowest BCUT2D eigenvalue weighted by Crippen LogP contribution is -2.42. The number of rotatable bonds is 10. The van der Waals surface area contributed by atoms with Gasteiger partial charge in [0.25, 0.3) is 6.36 Å². The molecular formula is C10H16F6O3S. The SMILES string of the molecule is CCC(F)C(F)(F)OC(CS)COC(F)(F)C(F)OC. The number of alkyl halides is 6. The lowest BCUT2D eigenvalue weighted by atomic mass is 10.3. The average Bonchev–Trinajstić information content (AvgIpc) is 2.41. The monoisotopic (exact) mass is 330 g/mol. The molecule has 0 N–H and O–H groups in total. The van der Waals surface area contributed by atoms with Gasteiger partial charge in [-0.15, -0.1) is 0 Å². The fourth-order valence-corrected chi connectivity index (χ4v) is 1.24. The van der Waals surface area contributed by atoms with Crippen LogP contribution < -0.4 is 0 Å². The molecule has 0 fully saturated rings. The second-order valence-corrected chi connectivity index (χ2v) is 4.15. The van der Waals surface area contributed by atoms with Crippen LogP contribution in [0.15, 0.2) is 0 Å². The smallest absolute Gasteiger partial charge is 0.345 e. The Morgan fingerprint density at radius 1 is 1.10 bits per heavy atom. The molecule has 3 atom stereocenters. The van der Waals surface area contributed by atoms with E-state index in [1.165, 1.54) is 0 Å². The lowest BCUT2D eigenvalue weighted by molar-refractivity contribution is -0.346. The molecule has 0 amide bonds. The van der Waals surface area contributed by atoms with Crippen LogP contribution in [0.25, 0.3) is 0 Å². The van der Waals surface area contributed by atoms with E-state index in [1.54, 1.807) is 0 Å². The molecule has 3 unspecified atom stereocenters. The molecule has 0 rings (SSSR count). The van der Waals surface area contributed by atoms with Gasteiger partial charge >= 0.3 is 12.2 Å². The normalized spacial score (nSPS) is 17.9. The summed E-state index contributed by atoms with van der Waals surface area (Å²) < 4.78 is 89.2. The van der Waals surface area contributed by atoms with Crippen LogP contribution in [0.4, 0.5) is 26.3 Å². The molecule has 0 radical (unpaired) electrons. The zero-order chi connectivity index (χ0) is 16.0. The van der Waals surface area contributed by atoms with E-state index in [-0.39, 0.29) is 0 Å². The molecule has 3 nitrogen and oxygen atoms in total. The van der Waals surface area contributed by atoms with Gasteiger partial charge in [-0.25, -0.2) is 8.78 Å². The molecule has 0 aliphatic carbocycles. The quantitative estimate of drug-likeness (QED) is 0.492. The van der Waals surface area contributed by atoms with Gasteiger partial charge in [0.1, 0.15) is 0 Å². The molecule has 0 saturated heterocycles. The maximum atomic E-state index is 13.1. The van der Waals surface area contributed by atoms with Crippen molar-refractivity contribution in [2.45, 2.75) is 44.2 Å². The minimum atomic E-state index is -4.34. The Hall–Kier alpha value is -0.190. The first-order chi connectivity index (χ1) is 9.10. The number of methoxy groups -OCH3 is 1. The molecule has 0 aromatic rings. The van der Waals surface area contributed by atoms with Gasteiger partial charge in [-0.3, -0.25) is 0 Å². The van der Waals surface area contributed by atoms with Crippen molar-refractivity contribution in [3.05, 3.63) is 0 Å². The molecule has 0 bridgehead atoms. The van der Waals surface area contributed by atoms with Crippen molar-refractivity contribution in [2.75, 3.05) is 19.5 Å². The highest BCUT2D eigenvalue weighted by molar-refractivity contribution is 7.80. The van der Waals surface area contributed by atoms with E-state index in [4.69, 9.17) is 0 Å². The summed E-state index contributed by atoms with van der Waals surface area (Å²) in [7, 11) is 0.678. The zero-order valence-electron chi connectivity index (χ0n) is 10.8. The van der Waals surface area contributed by atoms with Crippen molar-refractivity contribution in [1.29, 1.82) is 0 Å². The van der Waals surface area contributed by atoms with Gasteiger partial charge in [-0.2, -0.15) is 30.2 Å². The highest BCUT2D eigenvalue weighted by atomic mass is 32.1. The topological polar surface area (TPSA) is 27.7 Å². The Labute approximate surface area is 118 Å². The van der Waals surface area contributed by atoms with E-state index < -0.39 is 49.6 Å². The van der Waals surface area contributed by atoms with Gasteiger partial charge in [0.05, 0.1) is 12.7 Å². The van der Waals surface area contributed by atoms with Gasteiger partial charge in [0.2, 0.25) is 0 Å². The Balaban J connectivity index is 4.50. The highest BCUT2D eigenvalue weighted by Gasteiger charge is 2.45. The molecule has 122 valence electrons. The van der Waals surface area contributed by atoms with E-state index in [2.05, 4.69) is 26.8 Å². The Kier molecular flexibility index (Phi) is 8.22. The van der Waals surface area contributed by atoms with E-state index >= 15 is 0 Å². The van der Waals surface area contributed by atoms with E-state index in [1.807, 2.05) is 0 Å². The summed E-state index contributed by atoms with van der Waals surface area (Å²) >= 11 is 3.60. The maximum absolute atomic E-state index is 13.1. The summed E-state index contributed by atoms with van der Waals surface area (Å²) in [6.45, 7) is 0.0564. The van der Waals surface area contributed by atoms with Crippen LogP contribution in [0.1, 0.15) is 13.3 Å². The molecule has 0 aliphatic rings. The third kappa shape index (κ3) is 6.06. The van der Waals surface area contributed by atoms with Gasteiger partial charge in [-0.05, 0) is 6.42 Å². The van der Waals surface area contributed by atoms with Crippen LogP contribution in [0.5, 0.6) is 0 Å². The Morgan fingerprint density at radius 3 is 2.05 bits per heavy atom. The van der Waals surface area contributed by atoms with Crippen molar-refractivity contribution in [2.24, 2.45) is 0 Å². The van der Waals surface area contributed by atoms with E-state index in [9.17, 15) is 26.3 Å². The molecule has 0 saturated carbocycles. The predicted molar refractivity (Wildman–Crippen MR) is 61.7 cm³/mol. The van der Waals surface area contributed by atoms with Gasteiger partial charge in [0, 0.05) is 12.9 Å². The summed E-state index contributed by atoms with van der Waals surface area (Å²) in [6, 6.07) is 0. The number of thiol groups is 1. The van der Waals surface area contributed by atoms with Gasteiger partial charge in [0.15, 0.2) is 6.17 Å². The Morgan fingerprint density at radius 2 is 1.65 bits per heavy atom. The summed E-state index contributed by atoms with van der Waals surface area (Å²) in [6.07, 6.45) is -16.3. The second kappa shape index (κ2) is 8.30. The molecule has 0 heterocycles. The van der Waals surface area contributed by atoms with Crippen molar-refractivity contribution >= 4 is 12.6 Å². The van der Waals surface area contributed by atoms with E-state index in [0.717, 1.165) is 6.92 Å². The van der Waals surface area contributed by atoms with Crippen LogP contribution in [-0.2, 0) is 14.2 Å². The van der Waals surface area contributed by atoms with E-state index in [0.29, 0.717) is 7.11 Å². The van der Waals surface area contributed by atoms with Gasteiger partial charge in [-0.1, -0.05) is 6.92 Å². The average molecular weight is 330 g/mol. The summed E-state index contributed by atoms with van der Waals surface area (Å²) in [4.78, 5) is 0. The minimum absolute atomic E-state index is 0.452. The molecule has 0 aromatic heterocycles. The molecule has 20 heavy (non-hydrogen) atoms. The molecule has 0 aliphatic heterocycles. The first-order valence-corrected chi connectivity index (χ1v) is 6.23. The standard InChI is InChI=1S/C10H16F6O3S/c1-3-7(11)9(13,14)19-6(5-20)4-18-10(15,16)8(12)17-2/h6-8,20H,3-5H2,1-2H3. The third-order valence-corrected chi connectivity index (χ3v) is 2.59. The van der Waals surface area contributed by atoms with Crippen molar-refractivity contribution in [3.8, 4) is 0 Å².